The number of aromatic carboxylic acids is 1. The Balaban J connectivity index is 2.06. The summed E-state index contributed by atoms with van der Waals surface area (Å²) in [5.74, 6) is -0.242. The molecule has 1 aliphatic carbocycles. The summed E-state index contributed by atoms with van der Waals surface area (Å²) in [5, 5.41) is 9.37. The van der Waals surface area contributed by atoms with Gasteiger partial charge < -0.3 is 5.11 Å². The second kappa shape index (κ2) is 5.41. The number of carboxylic acids is 1. The fraction of sp³-hybridized carbons (Fsp3) is 0.235. The Bertz CT molecular complexity index is 660. The number of rotatable bonds is 3. The molecule has 1 aliphatic rings. The predicted molar refractivity (Wildman–Crippen MR) is 83.1 cm³/mol. The number of carboxylic acid groups (broad SMARTS) is 1. The highest BCUT2D eigenvalue weighted by atomic mass is 79.9. The number of hydrogen-bond donors (Lipinski definition) is 1. The molecule has 0 heterocycles. The molecule has 0 aromatic heterocycles. The SMILES string of the molecule is O=C(O)c1cc(Br)ccc1-c1cccc(C2CCC2)c1. The minimum absolute atomic E-state index is 0.338. The van der Waals surface area contributed by atoms with Gasteiger partial charge in [0, 0.05) is 4.47 Å². The number of hydrogen-bond acceptors (Lipinski definition) is 1. The molecule has 20 heavy (non-hydrogen) atoms. The van der Waals surface area contributed by atoms with E-state index in [1.165, 1.54) is 24.8 Å². The second-order valence-electron chi connectivity index (χ2n) is 5.25. The van der Waals surface area contributed by atoms with Crippen LogP contribution >= 0.6 is 15.9 Å². The van der Waals surface area contributed by atoms with Crippen molar-refractivity contribution >= 4 is 21.9 Å². The minimum Gasteiger partial charge on any atom is -0.478 e. The maximum absolute atomic E-state index is 11.4. The Morgan fingerprint density at radius 3 is 2.60 bits per heavy atom. The normalized spacial score (nSPS) is 14.8. The van der Waals surface area contributed by atoms with Gasteiger partial charge in [-0.1, -0.05) is 52.7 Å². The Morgan fingerprint density at radius 1 is 1.15 bits per heavy atom. The third kappa shape index (κ3) is 2.50. The molecule has 0 bridgehead atoms. The molecule has 0 aliphatic heterocycles. The third-order valence-corrected chi connectivity index (χ3v) is 4.48. The monoisotopic (exact) mass is 330 g/mol. The summed E-state index contributed by atoms with van der Waals surface area (Å²) in [4.78, 5) is 11.4. The van der Waals surface area contributed by atoms with E-state index < -0.39 is 5.97 Å². The summed E-state index contributed by atoms with van der Waals surface area (Å²) < 4.78 is 0.786. The first kappa shape index (κ1) is 13.4. The zero-order valence-electron chi connectivity index (χ0n) is 11.0. The topological polar surface area (TPSA) is 37.3 Å². The van der Waals surface area contributed by atoms with E-state index in [1.54, 1.807) is 6.07 Å². The van der Waals surface area contributed by atoms with E-state index in [0.29, 0.717) is 11.5 Å². The Morgan fingerprint density at radius 2 is 1.95 bits per heavy atom. The van der Waals surface area contributed by atoms with E-state index in [-0.39, 0.29) is 0 Å². The zero-order chi connectivity index (χ0) is 14.1. The molecule has 0 atom stereocenters. The van der Waals surface area contributed by atoms with Gasteiger partial charge in [0.05, 0.1) is 5.56 Å². The zero-order valence-corrected chi connectivity index (χ0v) is 12.6. The molecule has 2 aromatic carbocycles. The van der Waals surface area contributed by atoms with Gasteiger partial charge in [-0.05, 0) is 47.6 Å². The highest BCUT2D eigenvalue weighted by Crippen LogP contribution is 2.38. The van der Waals surface area contributed by atoms with Gasteiger partial charge in [0.2, 0.25) is 0 Å². The van der Waals surface area contributed by atoms with Crippen LogP contribution < -0.4 is 0 Å². The van der Waals surface area contributed by atoms with Crippen LogP contribution in [0.15, 0.2) is 46.9 Å². The largest absolute Gasteiger partial charge is 0.478 e. The molecule has 1 saturated carbocycles. The standard InChI is InChI=1S/C17H15BrO2/c18-14-7-8-15(16(10-14)17(19)20)13-6-2-5-12(9-13)11-3-1-4-11/h2,5-11H,1,3-4H2,(H,19,20). The van der Waals surface area contributed by atoms with Crippen molar-refractivity contribution < 1.29 is 9.90 Å². The van der Waals surface area contributed by atoms with Gasteiger partial charge in [0.15, 0.2) is 0 Å². The molecular weight excluding hydrogens is 316 g/mol. The van der Waals surface area contributed by atoms with Gasteiger partial charge in [0.25, 0.3) is 0 Å². The summed E-state index contributed by atoms with van der Waals surface area (Å²) >= 11 is 3.33. The average molecular weight is 331 g/mol. The lowest BCUT2D eigenvalue weighted by atomic mass is 9.79. The van der Waals surface area contributed by atoms with Crippen molar-refractivity contribution in [2.75, 3.05) is 0 Å². The molecule has 0 spiro atoms. The quantitative estimate of drug-likeness (QED) is 0.851. The summed E-state index contributed by atoms with van der Waals surface area (Å²) in [6, 6.07) is 13.7. The van der Waals surface area contributed by atoms with Crippen molar-refractivity contribution in [3.8, 4) is 11.1 Å². The summed E-state index contributed by atoms with van der Waals surface area (Å²) in [6.07, 6.45) is 3.79. The van der Waals surface area contributed by atoms with E-state index in [9.17, 15) is 9.90 Å². The van der Waals surface area contributed by atoms with Crippen molar-refractivity contribution in [3.05, 3.63) is 58.1 Å². The lowest BCUT2D eigenvalue weighted by Gasteiger charge is -2.26. The van der Waals surface area contributed by atoms with Gasteiger partial charge >= 0.3 is 5.97 Å². The van der Waals surface area contributed by atoms with Crippen molar-refractivity contribution in [2.24, 2.45) is 0 Å². The smallest absolute Gasteiger partial charge is 0.336 e. The number of halogens is 1. The molecule has 1 fully saturated rings. The van der Waals surface area contributed by atoms with Gasteiger partial charge in [-0.2, -0.15) is 0 Å². The molecule has 3 heteroatoms. The van der Waals surface area contributed by atoms with Gasteiger partial charge in [0.1, 0.15) is 0 Å². The lowest BCUT2D eigenvalue weighted by molar-refractivity contribution is 0.0697. The summed E-state index contributed by atoms with van der Waals surface area (Å²) in [6.45, 7) is 0. The summed E-state index contributed by atoms with van der Waals surface area (Å²) in [5.41, 5.74) is 3.43. The molecule has 2 nitrogen and oxygen atoms in total. The van der Waals surface area contributed by atoms with Crippen LogP contribution in [0.2, 0.25) is 0 Å². The molecule has 0 radical (unpaired) electrons. The highest BCUT2D eigenvalue weighted by Gasteiger charge is 2.20. The van der Waals surface area contributed by atoms with Gasteiger partial charge in [-0.15, -0.1) is 0 Å². The molecule has 102 valence electrons. The number of benzene rings is 2. The van der Waals surface area contributed by atoms with Crippen LogP contribution in [0.4, 0.5) is 0 Å². The Kier molecular flexibility index (Phi) is 3.62. The molecule has 0 amide bonds. The van der Waals surface area contributed by atoms with E-state index in [1.807, 2.05) is 24.3 Å². The van der Waals surface area contributed by atoms with E-state index in [4.69, 9.17) is 0 Å². The van der Waals surface area contributed by atoms with Gasteiger partial charge in [-0.3, -0.25) is 0 Å². The maximum atomic E-state index is 11.4. The van der Waals surface area contributed by atoms with Crippen molar-refractivity contribution in [1.29, 1.82) is 0 Å². The average Bonchev–Trinajstić information content (AvgIpc) is 2.37. The van der Waals surface area contributed by atoms with Crippen LogP contribution in [0.1, 0.15) is 41.1 Å². The predicted octanol–water partition coefficient (Wildman–Crippen LogP) is 5.08. The van der Waals surface area contributed by atoms with Crippen LogP contribution in [0.5, 0.6) is 0 Å². The fourth-order valence-corrected chi connectivity index (χ4v) is 3.01. The highest BCUT2D eigenvalue weighted by molar-refractivity contribution is 9.10. The Labute approximate surface area is 126 Å². The summed E-state index contributed by atoms with van der Waals surface area (Å²) in [7, 11) is 0. The fourth-order valence-electron chi connectivity index (χ4n) is 2.65. The van der Waals surface area contributed by atoms with Crippen LogP contribution in [-0.4, -0.2) is 11.1 Å². The first-order chi connectivity index (χ1) is 9.65. The van der Waals surface area contributed by atoms with Crippen LogP contribution in [0, 0.1) is 0 Å². The van der Waals surface area contributed by atoms with Gasteiger partial charge in [-0.25, -0.2) is 4.79 Å². The van der Waals surface area contributed by atoms with Crippen molar-refractivity contribution in [1.82, 2.24) is 0 Å². The molecule has 0 saturated heterocycles. The maximum Gasteiger partial charge on any atom is 0.336 e. The second-order valence-corrected chi connectivity index (χ2v) is 6.16. The van der Waals surface area contributed by atoms with Crippen LogP contribution in [-0.2, 0) is 0 Å². The van der Waals surface area contributed by atoms with Crippen molar-refractivity contribution in [3.63, 3.8) is 0 Å². The molecule has 3 rings (SSSR count). The van der Waals surface area contributed by atoms with E-state index in [0.717, 1.165) is 15.6 Å². The molecule has 1 N–H and O–H groups in total. The van der Waals surface area contributed by atoms with E-state index in [2.05, 4.69) is 28.1 Å². The molecule has 0 unspecified atom stereocenters. The van der Waals surface area contributed by atoms with E-state index >= 15 is 0 Å². The molecular formula is C17H15BrO2. The van der Waals surface area contributed by atoms with Crippen LogP contribution in [0.3, 0.4) is 0 Å². The minimum atomic E-state index is -0.893. The molecule has 2 aromatic rings. The Hall–Kier alpha value is -1.61. The lowest BCUT2D eigenvalue weighted by Crippen LogP contribution is -2.08. The third-order valence-electron chi connectivity index (χ3n) is 3.99. The van der Waals surface area contributed by atoms with Crippen LogP contribution in [0.25, 0.3) is 11.1 Å². The number of carbonyl (C=O) groups is 1. The van der Waals surface area contributed by atoms with Crippen molar-refractivity contribution in [2.45, 2.75) is 25.2 Å². The first-order valence-electron chi connectivity index (χ1n) is 6.78. The first-order valence-corrected chi connectivity index (χ1v) is 7.57.